The molecule has 1 unspecified atom stereocenters. The zero-order valence-corrected chi connectivity index (χ0v) is 10.8. The van der Waals surface area contributed by atoms with Gasteiger partial charge in [0, 0.05) is 19.0 Å². The highest BCUT2D eigenvalue weighted by Crippen LogP contribution is 2.10. The lowest BCUT2D eigenvalue weighted by atomic mass is 10.1. The lowest BCUT2D eigenvalue weighted by Gasteiger charge is -2.18. The van der Waals surface area contributed by atoms with Crippen molar-refractivity contribution in [1.29, 1.82) is 0 Å². The minimum atomic E-state index is 0.696. The van der Waals surface area contributed by atoms with Crippen molar-refractivity contribution in [2.75, 3.05) is 26.2 Å². The van der Waals surface area contributed by atoms with Crippen LogP contribution in [0.4, 0.5) is 0 Å². The van der Waals surface area contributed by atoms with Crippen LogP contribution in [0.1, 0.15) is 31.9 Å². The smallest absolute Gasteiger partial charge is 0.105 e. The van der Waals surface area contributed by atoms with Crippen molar-refractivity contribution in [3.63, 3.8) is 0 Å². The lowest BCUT2D eigenvalue weighted by Crippen LogP contribution is -2.32. The molecule has 3 heteroatoms. The molecule has 2 rings (SSSR count). The van der Waals surface area contributed by atoms with Gasteiger partial charge >= 0.3 is 0 Å². The van der Waals surface area contributed by atoms with Gasteiger partial charge < -0.3 is 14.6 Å². The van der Waals surface area contributed by atoms with Gasteiger partial charge in [-0.3, -0.25) is 0 Å². The molecule has 0 radical (unpaired) electrons. The molecular formula is C14H24N2O. The zero-order valence-electron chi connectivity index (χ0n) is 10.8. The number of nitrogens with one attached hydrogen (secondary N) is 1. The van der Waals surface area contributed by atoms with E-state index >= 15 is 0 Å². The van der Waals surface area contributed by atoms with Crippen LogP contribution in [0.2, 0.25) is 0 Å². The maximum Gasteiger partial charge on any atom is 0.105 e. The average molecular weight is 236 g/mol. The van der Waals surface area contributed by atoms with Gasteiger partial charge in [0.15, 0.2) is 0 Å². The monoisotopic (exact) mass is 236 g/mol. The summed E-state index contributed by atoms with van der Waals surface area (Å²) in [7, 11) is 0. The molecule has 0 saturated carbocycles. The highest BCUT2D eigenvalue weighted by Gasteiger charge is 2.15. The van der Waals surface area contributed by atoms with Crippen LogP contribution in [-0.2, 0) is 6.42 Å². The van der Waals surface area contributed by atoms with Crippen LogP contribution < -0.4 is 5.32 Å². The molecule has 0 bridgehead atoms. The van der Waals surface area contributed by atoms with E-state index in [0.717, 1.165) is 18.7 Å². The van der Waals surface area contributed by atoms with Crippen molar-refractivity contribution in [1.82, 2.24) is 10.2 Å². The molecule has 0 aromatic carbocycles. The van der Waals surface area contributed by atoms with Crippen molar-refractivity contribution in [3.8, 4) is 0 Å². The Kier molecular flexibility index (Phi) is 5.08. The van der Waals surface area contributed by atoms with E-state index in [1.165, 1.54) is 38.9 Å². The maximum absolute atomic E-state index is 5.33. The van der Waals surface area contributed by atoms with Gasteiger partial charge in [0.25, 0.3) is 0 Å². The minimum absolute atomic E-state index is 0.696. The average Bonchev–Trinajstić information content (AvgIpc) is 2.75. The van der Waals surface area contributed by atoms with E-state index in [0.29, 0.717) is 6.04 Å². The van der Waals surface area contributed by atoms with Gasteiger partial charge in [-0.1, -0.05) is 6.92 Å². The summed E-state index contributed by atoms with van der Waals surface area (Å²) in [6, 6.07) is 4.70. The van der Waals surface area contributed by atoms with E-state index in [9.17, 15) is 0 Å². The van der Waals surface area contributed by atoms with Crippen LogP contribution in [0.25, 0.3) is 0 Å². The van der Waals surface area contributed by atoms with Crippen LogP contribution >= 0.6 is 0 Å². The molecule has 1 aliphatic heterocycles. The quantitative estimate of drug-likeness (QED) is 0.850. The molecule has 1 saturated heterocycles. The van der Waals surface area contributed by atoms with E-state index in [-0.39, 0.29) is 0 Å². The van der Waals surface area contributed by atoms with Gasteiger partial charge in [-0.05, 0) is 51.0 Å². The normalized spacial score (nSPS) is 22.5. The Morgan fingerprint density at radius 1 is 1.41 bits per heavy atom. The Hall–Kier alpha value is -0.800. The number of hydrogen-bond acceptors (Lipinski definition) is 3. The molecule has 0 amide bonds. The summed E-state index contributed by atoms with van der Waals surface area (Å²) in [5.74, 6) is 1.08. The molecule has 1 aliphatic rings. The fourth-order valence-electron chi connectivity index (χ4n) is 2.53. The Bertz CT molecular complexity index is 297. The maximum atomic E-state index is 5.33. The molecule has 1 aromatic heterocycles. The molecule has 96 valence electrons. The summed E-state index contributed by atoms with van der Waals surface area (Å²) >= 11 is 0. The van der Waals surface area contributed by atoms with E-state index in [1.807, 2.05) is 12.1 Å². The van der Waals surface area contributed by atoms with E-state index in [4.69, 9.17) is 4.42 Å². The first kappa shape index (κ1) is 12.7. The second-order valence-corrected chi connectivity index (χ2v) is 4.85. The van der Waals surface area contributed by atoms with E-state index in [2.05, 4.69) is 17.1 Å². The molecule has 2 heterocycles. The number of likely N-dealkylation sites (tertiary alicyclic amines) is 1. The van der Waals surface area contributed by atoms with Crippen molar-refractivity contribution in [2.45, 2.75) is 38.6 Å². The first-order valence-electron chi connectivity index (χ1n) is 6.86. The summed E-state index contributed by atoms with van der Waals surface area (Å²) in [5, 5.41) is 3.66. The predicted molar refractivity (Wildman–Crippen MR) is 70.2 cm³/mol. The highest BCUT2D eigenvalue weighted by atomic mass is 16.3. The summed E-state index contributed by atoms with van der Waals surface area (Å²) in [6.45, 7) is 7.00. The molecule has 1 aromatic rings. The second kappa shape index (κ2) is 6.82. The molecular weight excluding hydrogens is 212 g/mol. The van der Waals surface area contributed by atoms with Gasteiger partial charge in [0.2, 0.25) is 0 Å². The molecule has 1 fully saturated rings. The third kappa shape index (κ3) is 4.17. The summed E-state index contributed by atoms with van der Waals surface area (Å²) in [6.07, 6.45) is 6.67. The van der Waals surface area contributed by atoms with Gasteiger partial charge in [-0.15, -0.1) is 0 Å². The third-order valence-corrected chi connectivity index (χ3v) is 3.65. The first-order valence-corrected chi connectivity index (χ1v) is 6.86. The number of nitrogens with zero attached hydrogens (tertiary/aromatic N) is 1. The third-order valence-electron chi connectivity index (χ3n) is 3.65. The van der Waals surface area contributed by atoms with Crippen LogP contribution in [-0.4, -0.2) is 37.1 Å². The van der Waals surface area contributed by atoms with Crippen LogP contribution in [0.5, 0.6) is 0 Å². The second-order valence-electron chi connectivity index (χ2n) is 4.85. The predicted octanol–water partition coefficient (Wildman–Crippen LogP) is 2.29. The molecule has 17 heavy (non-hydrogen) atoms. The van der Waals surface area contributed by atoms with Crippen molar-refractivity contribution in [2.24, 2.45) is 0 Å². The first-order chi connectivity index (χ1) is 8.38. The standard InChI is InChI=1S/C14H24N2O/c1-2-16-10-3-5-13(8-11-16)15-9-7-14-6-4-12-17-14/h4,6,12-13,15H,2-3,5,7-11H2,1H3. The molecule has 1 atom stereocenters. The van der Waals surface area contributed by atoms with Gasteiger partial charge in [-0.25, -0.2) is 0 Å². The summed E-state index contributed by atoms with van der Waals surface area (Å²) in [4.78, 5) is 2.55. The van der Waals surface area contributed by atoms with Crippen LogP contribution in [0.3, 0.4) is 0 Å². The zero-order chi connectivity index (χ0) is 11.9. The molecule has 0 aliphatic carbocycles. The number of hydrogen-bond donors (Lipinski definition) is 1. The van der Waals surface area contributed by atoms with E-state index in [1.54, 1.807) is 6.26 Å². The van der Waals surface area contributed by atoms with Gasteiger partial charge in [-0.2, -0.15) is 0 Å². The van der Waals surface area contributed by atoms with E-state index < -0.39 is 0 Å². The number of rotatable bonds is 5. The Labute approximate surface area is 104 Å². The van der Waals surface area contributed by atoms with Crippen LogP contribution in [0, 0.1) is 0 Å². The molecule has 0 spiro atoms. The van der Waals surface area contributed by atoms with Crippen molar-refractivity contribution >= 4 is 0 Å². The summed E-state index contributed by atoms with van der Waals surface area (Å²) in [5.41, 5.74) is 0. The van der Waals surface area contributed by atoms with Crippen LogP contribution in [0.15, 0.2) is 22.8 Å². The highest BCUT2D eigenvalue weighted by molar-refractivity contribution is 4.98. The topological polar surface area (TPSA) is 28.4 Å². The summed E-state index contributed by atoms with van der Waals surface area (Å²) < 4.78 is 5.33. The Morgan fingerprint density at radius 3 is 3.12 bits per heavy atom. The SMILES string of the molecule is CCN1CCCC(NCCc2ccco2)CC1. The molecule has 3 nitrogen and oxygen atoms in total. The van der Waals surface area contributed by atoms with Gasteiger partial charge in [0.1, 0.15) is 5.76 Å². The van der Waals surface area contributed by atoms with Crippen molar-refractivity contribution < 1.29 is 4.42 Å². The Balaban J connectivity index is 1.65. The fraction of sp³-hybridized carbons (Fsp3) is 0.714. The minimum Gasteiger partial charge on any atom is -0.469 e. The van der Waals surface area contributed by atoms with Crippen molar-refractivity contribution in [3.05, 3.63) is 24.2 Å². The fourth-order valence-corrected chi connectivity index (χ4v) is 2.53. The largest absolute Gasteiger partial charge is 0.469 e. The number of furan rings is 1. The lowest BCUT2D eigenvalue weighted by molar-refractivity contribution is 0.297. The Morgan fingerprint density at radius 2 is 2.35 bits per heavy atom. The van der Waals surface area contributed by atoms with Gasteiger partial charge in [0.05, 0.1) is 6.26 Å². The molecule has 1 N–H and O–H groups in total.